The summed E-state index contributed by atoms with van der Waals surface area (Å²) in [5.41, 5.74) is 7.16. The second-order valence-electron chi connectivity index (χ2n) is 7.25. The van der Waals surface area contributed by atoms with Crippen molar-refractivity contribution in [3.05, 3.63) is 0 Å². The first kappa shape index (κ1) is 15.3. The number of rotatable bonds is 5. The van der Waals surface area contributed by atoms with E-state index in [1.807, 2.05) is 0 Å². The summed E-state index contributed by atoms with van der Waals surface area (Å²) in [7, 11) is 0. The van der Waals surface area contributed by atoms with E-state index in [1.54, 1.807) is 0 Å². The molecule has 112 valence electrons. The Morgan fingerprint density at radius 1 is 0.947 bits per heavy atom. The molecule has 19 heavy (non-hydrogen) atoms. The molecule has 1 aliphatic heterocycles. The highest BCUT2D eigenvalue weighted by atomic mass is 15.1. The number of hydrogen-bond donors (Lipinski definition) is 1. The van der Waals surface area contributed by atoms with Gasteiger partial charge in [0.2, 0.25) is 0 Å². The number of likely N-dealkylation sites (tertiary alicyclic amines) is 1. The highest BCUT2D eigenvalue weighted by molar-refractivity contribution is 4.90. The van der Waals surface area contributed by atoms with Crippen LogP contribution in [0.25, 0.3) is 0 Å². The first-order valence-electron chi connectivity index (χ1n) is 8.60. The molecule has 0 radical (unpaired) electrons. The van der Waals surface area contributed by atoms with Crippen LogP contribution in [0, 0.1) is 10.8 Å². The SMILES string of the molecule is CCC(CC)(CN)CN1CCC2(CCCCC2)CC1. The largest absolute Gasteiger partial charge is 0.330 e. The summed E-state index contributed by atoms with van der Waals surface area (Å²) in [6.45, 7) is 9.34. The molecule has 0 aromatic heterocycles. The Bertz CT molecular complexity index is 246. The number of hydrogen-bond acceptors (Lipinski definition) is 2. The van der Waals surface area contributed by atoms with Crippen molar-refractivity contribution in [1.29, 1.82) is 0 Å². The van der Waals surface area contributed by atoms with Gasteiger partial charge in [0.1, 0.15) is 0 Å². The van der Waals surface area contributed by atoms with Crippen molar-refractivity contribution in [3.8, 4) is 0 Å². The van der Waals surface area contributed by atoms with Crippen LogP contribution in [-0.4, -0.2) is 31.1 Å². The maximum atomic E-state index is 6.06. The summed E-state index contributed by atoms with van der Waals surface area (Å²) in [6, 6.07) is 0. The van der Waals surface area contributed by atoms with Crippen LogP contribution < -0.4 is 5.73 Å². The van der Waals surface area contributed by atoms with Gasteiger partial charge in [0.15, 0.2) is 0 Å². The molecule has 0 atom stereocenters. The molecule has 2 nitrogen and oxygen atoms in total. The molecule has 2 heteroatoms. The van der Waals surface area contributed by atoms with E-state index in [-0.39, 0.29) is 0 Å². The van der Waals surface area contributed by atoms with Gasteiger partial charge >= 0.3 is 0 Å². The molecule has 0 unspecified atom stereocenters. The average Bonchev–Trinajstić information content (AvgIpc) is 2.48. The third-order valence-electron chi connectivity index (χ3n) is 6.32. The van der Waals surface area contributed by atoms with E-state index in [1.165, 1.54) is 77.4 Å². The number of piperidine rings is 1. The lowest BCUT2D eigenvalue weighted by Gasteiger charge is -2.46. The zero-order valence-electron chi connectivity index (χ0n) is 13.2. The monoisotopic (exact) mass is 266 g/mol. The Morgan fingerprint density at radius 3 is 2.00 bits per heavy atom. The fraction of sp³-hybridized carbons (Fsp3) is 1.00. The molecule has 2 fully saturated rings. The molecule has 1 saturated carbocycles. The van der Waals surface area contributed by atoms with E-state index in [4.69, 9.17) is 5.73 Å². The first-order chi connectivity index (χ1) is 9.17. The van der Waals surface area contributed by atoms with Crippen molar-refractivity contribution in [3.63, 3.8) is 0 Å². The van der Waals surface area contributed by atoms with Gasteiger partial charge in [-0.15, -0.1) is 0 Å². The van der Waals surface area contributed by atoms with Gasteiger partial charge in [-0.2, -0.15) is 0 Å². The van der Waals surface area contributed by atoms with Crippen LogP contribution in [-0.2, 0) is 0 Å². The zero-order chi connectivity index (χ0) is 13.8. The Balaban J connectivity index is 1.85. The summed E-state index contributed by atoms with van der Waals surface area (Å²) in [6.07, 6.45) is 12.8. The quantitative estimate of drug-likeness (QED) is 0.820. The molecule has 1 heterocycles. The average molecular weight is 266 g/mol. The summed E-state index contributed by atoms with van der Waals surface area (Å²) < 4.78 is 0. The standard InChI is InChI=1S/C17H34N2/c1-3-16(4-2,14-18)15-19-12-10-17(11-13-19)8-6-5-7-9-17/h3-15,18H2,1-2H3. The number of nitrogens with two attached hydrogens (primary N) is 1. The molecule has 2 rings (SSSR count). The minimum Gasteiger partial charge on any atom is -0.330 e. The van der Waals surface area contributed by atoms with Crippen molar-refractivity contribution >= 4 is 0 Å². The molecular formula is C17H34N2. The van der Waals surface area contributed by atoms with Gasteiger partial charge < -0.3 is 10.6 Å². The minimum absolute atomic E-state index is 0.372. The van der Waals surface area contributed by atoms with Crippen LogP contribution in [0.3, 0.4) is 0 Å². The third-order valence-corrected chi connectivity index (χ3v) is 6.32. The predicted molar refractivity (Wildman–Crippen MR) is 83.3 cm³/mol. The fourth-order valence-corrected chi connectivity index (χ4v) is 4.29. The second-order valence-corrected chi connectivity index (χ2v) is 7.25. The first-order valence-corrected chi connectivity index (χ1v) is 8.60. The molecule has 2 aliphatic rings. The summed E-state index contributed by atoms with van der Waals surface area (Å²) in [5, 5.41) is 0. The molecule has 2 N–H and O–H groups in total. The molecule has 0 aromatic rings. The molecular weight excluding hydrogens is 232 g/mol. The topological polar surface area (TPSA) is 29.3 Å². The van der Waals surface area contributed by atoms with Crippen LogP contribution >= 0.6 is 0 Å². The van der Waals surface area contributed by atoms with Crippen LogP contribution in [0.5, 0.6) is 0 Å². The van der Waals surface area contributed by atoms with Crippen molar-refractivity contribution in [2.24, 2.45) is 16.6 Å². The third kappa shape index (κ3) is 3.52. The van der Waals surface area contributed by atoms with Gasteiger partial charge in [-0.05, 0) is 69.0 Å². The van der Waals surface area contributed by atoms with Crippen LogP contribution in [0.1, 0.15) is 71.6 Å². The van der Waals surface area contributed by atoms with Gasteiger partial charge in [-0.25, -0.2) is 0 Å². The highest BCUT2D eigenvalue weighted by Crippen LogP contribution is 2.45. The van der Waals surface area contributed by atoms with Gasteiger partial charge in [-0.3, -0.25) is 0 Å². The van der Waals surface area contributed by atoms with Gasteiger partial charge in [0, 0.05) is 6.54 Å². The Kier molecular flexibility index (Phi) is 5.30. The predicted octanol–water partition coefficient (Wildman–Crippen LogP) is 3.80. The Hall–Kier alpha value is -0.0800. The van der Waals surface area contributed by atoms with Crippen LogP contribution in [0.15, 0.2) is 0 Å². The van der Waals surface area contributed by atoms with Gasteiger partial charge in [0.05, 0.1) is 0 Å². The van der Waals surface area contributed by atoms with E-state index < -0.39 is 0 Å². The Labute approximate surface area is 120 Å². The fourth-order valence-electron chi connectivity index (χ4n) is 4.29. The van der Waals surface area contributed by atoms with Crippen LogP contribution in [0.4, 0.5) is 0 Å². The van der Waals surface area contributed by atoms with Crippen LogP contribution in [0.2, 0.25) is 0 Å². The summed E-state index contributed by atoms with van der Waals surface area (Å²) in [5.74, 6) is 0. The normalized spacial score (nSPS) is 24.8. The minimum atomic E-state index is 0.372. The lowest BCUT2D eigenvalue weighted by molar-refractivity contribution is 0.0410. The molecule has 0 aromatic carbocycles. The van der Waals surface area contributed by atoms with Gasteiger partial charge in [-0.1, -0.05) is 33.1 Å². The Morgan fingerprint density at radius 2 is 1.53 bits per heavy atom. The molecule has 1 saturated heterocycles. The lowest BCUT2D eigenvalue weighted by atomic mass is 9.68. The maximum absolute atomic E-state index is 6.06. The van der Waals surface area contributed by atoms with E-state index in [2.05, 4.69) is 18.7 Å². The number of nitrogens with zero attached hydrogens (tertiary/aromatic N) is 1. The second kappa shape index (κ2) is 6.58. The maximum Gasteiger partial charge on any atom is 0.00499 e. The van der Waals surface area contributed by atoms with E-state index in [0.717, 1.165) is 12.0 Å². The van der Waals surface area contributed by atoms with Crippen molar-refractivity contribution in [1.82, 2.24) is 4.90 Å². The molecule has 0 amide bonds. The van der Waals surface area contributed by atoms with E-state index in [9.17, 15) is 0 Å². The van der Waals surface area contributed by atoms with Crippen molar-refractivity contribution < 1.29 is 0 Å². The molecule has 0 bridgehead atoms. The van der Waals surface area contributed by atoms with E-state index in [0.29, 0.717) is 5.41 Å². The highest BCUT2D eigenvalue weighted by Gasteiger charge is 2.37. The molecule has 1 aliphatic carbocycles. The zero-order valence-corrected chi connectivity index (χ0v) is 13.2. The lowest BCUT2D eigenvalue weighted by Crippen LogP contribution is -2.47. The summed E-state index contributed by atoms with van der Waals surface area (Å²) >= 11 is 0. The van der Waals surface area contributed by atoms with Crippen molar-refractivity contribution in [2.75, 3.05) is 26.2 Å². The smallest absolute Gasteiger partial charge is 0.00499 e. The van der Waals surface area contributed by atoms with Gasteiger partial charge in [0.25, 0.3) is 0 Å². The van der Waals surface area contributed by atoms with Crippen molar-refractivity contribution in [2.45, 2.75) is 71.6 Å². The molecule has 1 spiro atoms. The van der Waals surface area contributed by atoms with E-state index >= 15 is 0 Å². The summed E-state index contributed by atoms with van der Waals surface area (Å²) in [4.78, 5) is 2.71.